The van der Waals surface area contributed by atoms with Crippen molar-refractivity contribution in [3.8, 4) is 0 Å². The summed E-state index contributed by atoms with van der Waals surface area (Å²) in [5, 5.41) is 2.99. The largest absolute Gasteiger partial charge is 0.399 e. The highest BCUT2D eigenvalue weighted by atomic mass is 16.2. The summed E-state index contributed by atoms with van der Waals surface area (Å²) < 4.78 is 0. The maximum absolute atomic E-state index is 12.4. The molecule has 1 rings (SSSR count). The molecule has 2 unspecified atom stereocenters. The van der Waals surface area contributed by atoms with E-state index in [1.54, 1.807) is 6.07 Å². The molecule has 4 heteroatoms. The van der Waals surface area contributed by atoms with Gasteiger partial charge in [0, 0.05) is 17.4 Å². The van der Waals surface area contributed by atoms with Gasteiger partial charge >= 0.3 is 0 Å². The SMILES string of the molecule is CCC(C)N(CC)C(C)C(=O)Nc1ccc(N)cc1C. The van der Waals surface area contributed by atoms with E-state index in [0.29, 0.717) is 11.7 Å². The molecule has 0 fully saturated rings. The fourth-order valence-corrected chi connectivity index (χ4v) is 2.42. The lowest BCUT2D eigenvalue weighted by Crippen LogP contribution is -2.46. The fraction of sp³-hybridized carbons (Fsp3) is 0.562. The topological polar surface area (TPSA) is 58.4 Å². The average molecular weight is 277 g/mol. The number of hydrogen-bond donors (Lipinski definition) is 2. The highest BCUT2D eigenvalue weighted by Gasteiger charge is 2.23. The van der Waals surface area contributed by atoms with Gasteiger partial charge in [-0.1, -0.05) is 13.8 Å². The van der Waals surface area contributed by atoms with Gasteiger partial charge in [0.1, 0.15) is 0 Å². The minimum Gasteiger partial charge on any atom is -0.399 e. The number of nitrogens with zero attached hydrogens (tertiary/aromatic N) is 1. The Morgan fingerprint density at radius 3 is 2.50 bits per heavy atom. The summed E-state index contributed by atoms with van der Waals surface area (Å²) in [6.45, 7) is 11.2. The van der Waals surface area contributed by atoms with Crippen molar-refractivity contribution in [1.82, 2.24) is 4.90 Å². The zero-order valence-electron chi connectivity index (χ0n) is 13.2. The number of anilines is 2. The first-order chi connectivity index (χ1) is 9.40. The van der Waals surface area contributed by atoms with Crippen LogP contribution in [0, 0.1) is 6.92 Å². The number of carbonyl (C=O) groups excluding carboxylic acids is 1. The fourth-order valence-electron chi connectivity index (χ4n) is 2.42. The molecule has 3 N–H and O–H groups in total. The van der Waals surface area contributed by atoms with Crippen molar-refractivity contribution in [2.75, 3.05) is 17.6 Å². The van der Waals surface area contributed by atoms with E-state index in [9.17, 15) is 4.79 Å². The molecule has 0 saturated carbocycles. The number of likely N-dealkylation sites (N-methyl/N-ethyl adjacent to an activating group) is 1. The molecule has 1 aromatic carbocycles. The lowest BCUT2D eigenvalue weighted by atomic mass is 10.1. The van der Waals surface area contributed by atoms with Crippen LogP contribution in [0.4, 0.5) is 11.4 Å². The van der Waals surface area contributed by atoms with Crippen LogP contribution in [0.1, 0.15) is 39.7 Å². The Morgan fingerprint density at radius 1 is 1.35 bits per heavy atom. The number of aryl methyl sites for hydroxylation is 1. The van der Waals surface area contributed by atoms with Crippen LogP contribution in [0.25, 0.3) is 0 Å². The molecule has 112 valence electrons. The van der Waals surface area contributed by atoms with Crippen molar-refractivity contribution < 1.29 is 4.79 Å². The van der Waals surface area contributed by atoms with Crippen molar-refractivity contribution in [2.45, 2.75) is 53.1 Å². The maximum Gasteiger partial charge on any atom is 0.241 e. The van der Waals surface area contributed by atoms with Crippen molar-refractivity contribution in [3.63, 3.8) is 0 Å². The third kappa shape index (κ3) is 3.97. The summed E-state index contributed by atoms with van der Waals surface area (Å²) in [5.74, 6) is 0.0278. The molecule has 0 spiro atoms. The smallest absolute Gasteiger partial charge is 0.241 e. The Hall–Kier alpha value is -1.55. The van der Waals surface area contributed by atoms with Gasteiger partial charge in [0.05, 0.1) is 6.04 Å². The summed E-state index contributed by atoms with van der Waals surface area (Å²) in [7, 11) is 0. The molecule has 20 heavy (non-hydrogen) atoms. The van der Waals surface area contributed by atoms with Gasteiger partial charge in [0.2, 0.25) is 5.91 Å². The van der Waals surface area contributed by atoms with E-state index in [4.69, 9.17) is 5.73 Å². The van der Waals surface area contributed by atoms with Gasteiger partial charge < -0.3 is 11.1 Å². The zero-order valence-corrected chi connectivity index (χ0v) is 13.2. The first kappa shape index (κ1) is 16.5. The zero-order chi connectivity index (χ0) is 15.3. The quantitative estimate of drug-likeness (QED) is 0.786. The number of hydrogen-bond acceptors (Lipinski definition) is 3. The lowest BCUT2D eigenvalue weighted by Gasteiger charge is -2.32. The summed E-state index contributed by atoms with van der Waals surface area (Å²) in [5.41, 5.74) is 8.25. The second-order valence-electron chi connectivity index (χ2n) is 5.33. The molecular weight excluding hydrogens is 250 g/mol. The van der Waals surface area contributed by atoms with Gasteiger partial charge in [-0.15, -0.1) is 0 Å². The molecule has 0 aromatic heterocycles. The van der Waals surface area contributed by atoms with Crippen LogP contribution >= 0.6 is 0 Å². The van der Waals surface area contributed by atoms with E-state index >= 15 is 0 Å². The van der Waals surface area contributed by atoms with Crippen LogP contribution in [-0.2, 0) is 4.79 Å². The molecule has 0 radical (unpaired) electrons. The maximum atomic E-state index is 12.4. The average Bonchev–Trinajstić information content (AvgIpc) is 2.42. The third-order valence-electron chi connectivity index (χ3n) is 3.91. The molecular formula is C16H27N3O. The Kier molecular flexibility index (Phi) is 6.02. The molecule has 0 heterocycles. The number of nitrogen functional groups attached to an aromatic ring is 1. The predicted octanol–water partition coefficient (Wildman–Crippen LogP) is 3.02. The monoisotopic (exact) mass is 277 g/mol. The minimum atomic E-state index is -0.146. The number of amides is 1. The Balaban J connectivity index is 2.79. The number of benzene rings is 1. The Morgan fingerprint density at radius 2 is 2.00 bits per heavy atom. The van der Waals surface area contributed by atoms with Gasteiger partial charge in [-0.25, -0.2) is 0 Å². The summed E-state index contributed by atoms with van der Waals surface area (Å²) in [6, 6.07) is 5.78. The van der Waals surface area contributed by atoms with Gasteiger partial charge in [0.15, 0.2) is 0 Å². The molecule has 0 aliphatic carbocycles. The standard InChI is InChI=1S/C16H27N3O/c1-6-12(4)19(7-2)13(5)16(20)18-15-9-8-14(17)10-11(15)3/h8-10,12-13H,6-7,17H2,1-5H3,(H,18,20). The van der Waals surface area contributed by atoms with E-state index in [-0.39, 0.29) is 11.9 Å². The van der Waals surface area contributed by atoms with Crippen LogP contribution in [0.2, 0.25) is 0 Å². The molecule has 1 aromatic rings. The molecule has 0 saturated heterocycles. The summed E-state index contributed by atoms with van der Waals surface area (Å²) >= 11 is 0. The highest BCUT2D eigenvalue weighted by Crippen LogP contribution is 2.19. The van der Waals surface area contributed by atoms with E-state index in [1.165, 1.54) is 0 Å². The number of nitrogens with two attached hydrogens (primary N) is 1. The number of carbonyl (C=O) groups is 1. The van der Waals surface area contributed by atoms with Crippen molar-refractivity contribution >= 4 is 17.3 Å². The summed E-state index contributed by atoms with van der Waals surface area (Å²) in [6.07, 6.45) is 1.03. The van der Waals surface area contributed by atoms with Crippen LogP contribution < -0.4 is 11.1 Å². The normalized spacial score (nSPS) is 14.1. The first-order valence-corrected chi connectivity index (χ1v) is 7.33. The molecule has 0 bridgehead atoms. The second-order valence-corrected chi connectivity index (χ2v) is 5.33. The third-order valence-corrected chi connectivity index (χ3v) is 3.91. The van der Waals surface area contributed by atoms with Crippen molar-refractivity contribution in [2.24, 2.45) is 0 Å². The van der Waals surface area contributed by atoms with Crippen LogP contribution in [0.5, 0.6) is 0 Å². The van der Waals surface area contributed by atoms with Gasteiger partial charge in [-0.3, -0.25) is 9.69 Å². The Labute approximate surface area is 122 Å². The lowest BCUT2D eigenvalue weighted by molar-refractivity contribution is -0.121. The van der Waals surface area contributed by atoms with Crippen LogP contribution in [0.3, 0.4) is 0 Å². The van der Waals surface area contributed by atoms with E-state index in [2.05, 4.69) is 31.0 Å². The predicted molar refractivity (Wildman–Crippen MR) is 85.8 cm³/mol. The number of nitrogens with one attached hydrogen (secondary N) is 1. The highest BCUT2D eigenvalue weighted by molar-refractivity contribution is 5.95. The van der Waals surface area contributed by atoms with Gasteiger partial charge in [0.25, 0.3) is 0 Å². The second kappa shape index (κ2) is 7.29. The van der Waals surface area contributed by atoms with Gasteiger partial charge in [-0.05, 0) is 57.5 Å². The molecule has 2 atom stereocenters. The van der Waals surface area contributed by atoms with Crippen molar-refractivity contribution in [1.29, 1.82) is 0 Å². The number of rotatable bonds is 6. The van der Waals surface area contributed by atoms with Gasteiger partial charge in [-0.2, -0.15) is 0 Å². The van der Waals surface area contributed by atoms with E-state index in [1.807, 2.05) is 26.0 Å². The Bertz CT molecular complexity index is 459. The molecule has 4 nitrogen and oxygen atoms in total. The molecule has 0 aliphatic heterocycles. The van der Waals surface area contributed by atoms with Crippen molar-refractivity contribution in [3.05, 3.63) is 23.8 Å². The first-order valence-electron chi connectivity index (χ1n) is 7.33. The van der Waals surface area contributed by atoms with Crippen LogP contribution in [-0.4, -0.2) is 29.4 Å². The molecule has 0 aliphatic rings. The molecule has 1 amide bonds. The van der Waals surface area contributed by atoms with Crippen LogP contribution in [0.15, 0.2) is 18.2 Å². The van der Waals surface area contributed by atoms with E-state index in [0.717, 1.165) is 24.2 Å². The minimum absolute atomic E-state index is 0.0278. The van der Waals surface area contributed by atoms with E-state index < -0.39 is 0 Å². The summed E-state index contributed by atoms with van der Waals surface area (Å²) in [4.78, 5) is 14.6.